The van der Waals surface area contributed by atoms with Crippen molar-refractivity contribution in [2.75, 3.05) is 20.2 Å². The van der Waals surface area contributed by atoms with Crippen molar-refractivity contribution >= 4 is 23.6 Å². The summed E-state index contributed by atoms with van der Waals surface area (Å²) in [7, 11) is 1.28. The van der Waals surface area contributed by atoms with Gasteiger partial charge in [-0.3, -0.25) is 9.59 Å². The quantitative estimate of drug-likeness (QED) is 0.689. The lowest BCUT2D eigenvalue weighted by molar-refractivity contribution is -0.140. The van der Waals surface area contributed by atoms with E-state index in [4.69, 9.17) is 4.42 Å². The molecule has 0 fully saturated rings. The summed E-state index contributed by atoms with van der Waals surface area (Å²) in [5.41, 5.74) is 0. The van der Waals surface area contributed by atoms with Gasteiger partial charge in [0.15, 0.2) is 5.76 Å². The van der Waals surface area contributed by atoms with E-state index in [9.17, 15) is 18.4 Å². The van der Waals surface area contributed by atoms with Crippen molar-refractivity contribution < 1.29 is 27.5 Å². The maximum atomic E-state index is 12.2. The molecule has 0 aromatic carbocycles. The highest BCUT2D eigenvalue weighted by atomic mass is 32.2. The highest BCUT2D eigenvalue weighted by molar-refractivity contribution is 7.98. The van der Waals surface area contributed by atoms with Gasteiger partial charge in [-0.2, -0.15) is 8.78 Å². The number of hydrogen-bond donors (Lipinski definition) is 0. The van der Waals surface area contributed by atoms with Gasteiger partial charge in [-0.15, -0.1) is 0 Å². The highest BCUT2D eigenvalue weighted by Crippen LogP contribution is 2.21. The third-order valence-electron chi connectivity index (χ3n) is 2.71. The molecule has 1 aromatic heterocycles. The number of rotatable bonds is 8. The van der Waals surface area contributed by atoms with E-state index < -0.39 is 11.7 Å². The van der Waals surface area contributed by atoms with E-state index in [0.717, 1.165) is 0 Å². The van der Waals surface area contributed by atoms with Crippen LogP contribution in [0.3, 0.4) is 0 Å². The van der Waals surface area contributed by atoms with Crippen LogP contribution in [0.4, 0.5) is 8.78 Å². The van der Waals surface area contributed by atoms with E-state index in [1.54, 1.807) is 6.92 Å². The molecule has 1 rings (SSSR count). The Morgan fingerprint density at radius 3 is 2.71 bits per heavy atom. The Balaban J connectivity index is 2.61. The summed E-state index contributed by atoms with van der Waals surface area (Å²) in [5, 5.41) is 0. The molecule has 1 amide bonds. The van der Waals surface area contributed by atoms with E-state index in [1.165, 1.54) is 24.1 Å². The molecule has 0 bridgehead atoms. The number of methoxy groups -OCH3 is 1. The third-order valence-corrected chi connectivity index (χ3v) is 3.41. The zero-order chi connectivity index (χ0) is 15.8. The van der Waals surface area contributed by atoms with Crippen molar-refractivity contribution in [3.63, 3.8) is 0 Å². The monoisotopic (exact) mass is 321 g/mol. The molecule has 1 heterocycles. The number of ether oxygens (including phenoxy) is 1. The second-order valence-corrected chi connectivity index (χ2v) is 5.03. The first-order valence-electron chi connectivity index (χ1n) is 6.32. The van der Waals surface area contributed by atoms with Gasteiger partial charge in [0.05, 0.1) is 19.3 Å². The second kappa shape index (κ2) is 8.66. The van der Waals surface area contributed by atoms with E-state index in [1.807, 2.05) is 0 Å². The van der Waals surface area contributed by atoms with E-state index in [0.29, 0.717) is 24.1 Å². The molecule has 0 unspecified atom stereocenters. The average Bonchev–Trinajstić information content (AvgIpc) is 2.94. The normalized spacial score (nSPS) is 10.7. The van der Waals surface area contributed by atoms with Crippen LogP contribution in [-0.2, 0) is 15.3 Å². The van der Waals surface area contributed by atoms with Gasteiger partial charge < -0.3 is 14.1 Å². The summed E-state index contributed by atoms with van der Waals surface area (Å²) in [6.45, 7) is 2.38. The molecule has 1 aromatic rings. The maximum absolute atomic E-state index is 12.2. The van der Waals surface area contributed by atoms with E-state index in [2.05, 4.69) is 4.74 Å². The summed E-state index contributed by atoms with van der Waals surface area (Å²) in [5.74, 6) is -2.88. The first-order valence-corrected chi connectivity index (χ1v) is 7.37. The van der Waals surface area contributed by atoms with Crippen LogP contribution in [-0.4, -0.2) is 42.7 Å². The topological polar surface area (TPSA) is 59.8 Å². The molecule has 118 valence electrons. The number of nitrogens with zero attached hydrogens (tertiary/aromatic N) is 1. The number of amides is 1. The largest absolute Gasteiger partial charge is 0.469 e. The summed E-state index contributed by atoms with van der Waals surface area (Å²) >= 11 is 0.428. The van der Waals surface area contributed by atoms with Gasteiger partial charge in [-0.25, -0.2) is 0 Å². The summed E-state index contributed by atoms with van der Waals surface area (Å²) in [6, 6.07) is 2.95. The molecule has 0 spiro atoms. The number of carbonyl (C=O) groups is 2. The fourth-order valence-electron chi connectivity index (χ4n) is 1.60. The van der Waals surface area contributed by atoms with Crippen molar-refractivity contribution in [2.24, 2.45) is 0 Å². The van der Waals surface area contributed by atoms with Gasteiger partial charge in [-0.05, 0) is 19.1 Å². The van der Waals surface area contributed by atoms with Crippen LogP contribution in [0.15, 0.2) is 16.5 Å². The highest BCUT2D eigenvalue weighted by Gasteiger charge is 2.19. The van der Waals surface area contributed by atoms with Crippen molar-refractivity contribution in [3.05, 3.63) is 23.7 Å². The zero-order valence-corrected chi connectivity index (χ0v) is 12.6. The van der Waals surface area contributed by atoms with Crippen LogP contribution in [0.5, 0.6) is 0 Å². The SMILES string of the molecule is CCN(CCC(=O)OC)C(=O)c1ccc(CSC(F)F)o1. The molecule has 5 nitrogen and oxygen atoms in total. The van der Waals surface area contributed by atoms with Crippen LogP contribution in [0.25, 0.3) is 0 Å². The van der Waals surface area contributed by atoms with Crippen LogP contribution >= 0.6 is 11.8 Å². The number of halogens is 2. The Labute approximate surface area is 125 Å². The zero-order valence-electron chi connectivity index (χ0n) is 11.8. The molecular formula is C13H17F2NO4S. The van der Waals surface area contributed by atoms with Crippen LogP contribution in [0.1, 0.15) is 29.7 Å². The number of carbonyl (C=O) groups excluding carboxylic acids is 2. The molecule has 0 aliphatic carbocycles. The molecule has 0 saturated carbocycles. The summed E-state index contributed by atoms with van der Waals surface area (Å²) in [4.78, 5) is 24.7. The van der Waals surface area contributed by atoms with Gasteiger partial charge >= 0.3 is 5.97 Å². The molecule has 21 heavy (non-hydrogen) atoms. The minimum absolute atomic E-state index is 0.000762. The van der Waals surface area contributed by atoms with Gasteiger partial charge in [0.25, 0.3) is 11.7 Å². The third kappa shape index (κ3) is 5.74. The van der Waals surface area contributed by atoms with Crippen LogP contribution in [0.2, 0.25) is 0 Å². The van der Waals surface area contributed by atoms with Gasteiger partial charge in [-0.1, -0.05) is 11.8 Å². The van der Waals surface area contributed by atoms with Gasteiger partial charge in [0, 0.05) is 13.1 Å². The second-order valence-electron chi connectivity index (χ2n) is 4.05. The predicted octanol–water partition coefficient (Wildman–Crippen LogP) is 2.76. The van der Waals surface area contributed by atoms with Gasteiger partial charge in [0.2, 0.25) is 0 Å². The molecule has 0 aliphatic heterocycles. The van der Waals surface area contributed by atoms with Gasteiger partial charge in [0.1, 0.15) is 5.76 Å². The Morgan fingerprint density at radius 1 is 1.43 bits per heavy atom. The Bertz CT molecular complexity index is 478. The maximum Gasteiger partial charge on any atom is 0.307 e. The molecular weight excluding hydrogens is 304 g/mol. The Kier molecular flexibility index (Phi) is 7.21. The average molecular weight is 321 g/mol. The lowest BCUT2D eigenvalue weighted by Crippen LogP contribution is -2.32. The fraction of sp³-hybridized carbons (Fsp3) is 0.538. The minimum Gasteiger partial charge on any atom is -0.469 e. The van der Waals surface area contributed by atoms with Crippen LogP contribution in [0, 0.1) is 0 Å². The predicted molar refractivity (Wildman–Crippen MR) is 74.2 cm³/mol. The molecule has 0 aliphatic rings. The lowest BCUT2D eigenvalue weighted by Gasteiger charge is -2.18. The van der Waals surface area contributed by atoms with E-state index >= 15 is 0 Å². The Morgan fingerprint density at radius 2 is 2.14 bits per heavy atom. The number of esters is 1. The van der Waals surface area contributed by atoms with Crippen molar-refractivity contribution in [1.82, 2.24) is 4.90 Å². The molecule has 8 heteroatoms. The lowest BCUT2D eigenvalue weighted by atomic mass is 10.3. The summed E-state index contributed by atoms with van der Waals surface area (Å²) in [6.07, 6.45) is 0.0882. The van der Waals surface area contributed by atoms with Crippen molar-refractivity contribution in [1.29, 1.82) is 0 Å². The molecule has 0 radical (unpaired) electrons. The molecule has 0 atom stereocenters. The molecule has 0 N–H and O–H groups in total. The number of furan rings is 1. The van der Waals surface area contributed by atoms with Crippen molar-refractivity contribution in [3.8, 4) is 0 Å². The number of alkyl halides is 2. The van der Waals surface area contributed by atoms with Crippen LogP contribution < -0.4 is 0 Å². The minimum atomic E-state index is -2.48. The molecule has 0 saturated heterocycles. The van der Waals surface area contributed by atoms with E-state index in [-0.39, 0.29) is 30.4 Å². The van der Waals surface area contributed by atoms with Crippen molar-refractivity contribution in [2.45, 2.75) is 24.9 Å². The fourth-order valence-corrected chi connectivity index (χ4v) is 2.05. The Hall–Kier alpha value is -1.57. The first-order chi connectivity index (χ1) is 9.97. The standard InChI is InChI=1S/C13H17F2NO4S/c1-3-16(7-6-11(17)19-2)12(18)10-5-4-9(20-10)8-21-13(14)15/h4-5,13H,3,6-8H2,1-2H3. The summed E-state index contributed by atoms with van der Waals surface area (Å²) < 4.78 is 33.9. The number of hydrogen-bond acceptors (Lipinski definition) is 5. The smallest absolute Gasteiger partial charge is 0.307 e. The number of thioether (sulfide) groups is 1. The first kappa shape index (κ1) is 17.5.